The number of rotatable bonds is 4. The highest BCUT2D eigenvalue weighted by molar-refractivity contribution is 5.87. The fourth-order valence-electron chi connectivity index (χ4n) is 3.27. The summed E-state index contributed by atoms with van der Waals surface area (Å²) in [6.07, 6.45) is -3.78. The molecule has 1 fully saturated rings. The van der Waals surface area contributed by atoms with Crippen LogP contribution in [0.2, 0.25) is 0 Å². The smallest absolute Gasteiger partial charge is 0.433 e. The van der Waals surface area contributed by atoms with Crippen LogP contribution in [-0.2, 0) is 22.3 Å². The van der Waals surface area contributed by atoms with Crippen LogP contribution in [0.15, 0.2) is 30.7 Å². The Hall–Kier alpha value is -3.28. The van der Waals surface area contributed by atoms with Crippen molar-refractivity contribution in [1.29, 1.82) is 0 Å². The van der Waals surface area contributed by atoms with Gasteiger partial charge in [0.1, 0.15) is 23.7 Å². The number of aliphatic hydroxyl groups excluding tert-OH is 1. The number of aliphatic hydroxyl groups is 1. The lowest BCUT2D eigenvalue weighted by atomic mass is 10.1. The minimum absolute atomic E-state index is 0.0478. The van der Waals surface area contributed by atoms with E-state index in [1.54, 1.807) is 20.8 Å². The lowest BCUT2D eigenvalue weighted by Gasteiger charge is -2.28. The third kappa shape index (κ3) is 6.15. The zero-order valence-corrected chi connectivity index (χ0v) is 18.3. The fraction of sp³-hybridized carbons (Fsp3) is 0.476. The first kappa shape index (κ1) is 24.4. The molecule has 3 rings (SSSR count). The maximum Gasteiger partial charge on any atom is 0.433 e. The number of amides is 2. The van der Waals surface area contributed by atoms with E-state index in [1.165, 1.54) is 23.4 Å². The largest absolute Gasteiger partial charge is 0.444 e. The predicted molar refractivity (Wildman–Crippen MR) is 109 cm³/mol. The molecule has 0 saturated carbocycles. The first-order valence-corrected chi connectivity index (χ1v) is 10.1. The molecule has 178 valence electrons. The number of carbonyl (C=O) groups is 2. The topological polar surface area (TPSA) is 118 Å². The molecule has 2 aromatic heterocycles. The van der Waals surface area contributed by atoms with Crippen molar-refractivity contribution in [3.63, 3.8) is 0 Å². The summed E-state index contributed by atoms with van der Waals surface area (Å²) < 4.78 is 43.4. The molecule has 33 heavy (non-hydrogen) atoms. The Bertz CT molecular complexity index is 1010. The van der Waals surface area contributed by atoms with Gasteiger partial charge >= 0.3 is 12.3 Å². The van der Waals surface area contributed by atoms with Crippen molar-refractivity contribution < 1.29 is 32.6 Å². The van der Waals surface area contributed by atoms with E-state index in [4.69, 9.17) is 4.74 Å². The van der Waals surface area contributed by atoms with Gasteiger partial charge in [0, 0.05) is 18.3 Å². The van der Waals surface area contributed by atoms with Crippen LogP contribution in [0.1, 0.15) is 38.6 Å². The number of likely N-dealkylation sites (tertiary alicyclic amines) is 1. The van der Waals surface area contributed by atoms with E-state index in [-0.39, 0.29) is 19.5 Å². The summed E-state index contributed by atoms with van der Waals surface area (Å²) in [5.74, 6) is -0.581. The summed E-state index contributed by atoms with van der Waals surface area (Å²) in [5, 5.41) is 12.8. The van der Waals surface area contributed by atoms with Gasteiger partial charge in [-0.25, -0.2) is 14.8 Å². The number of hydrogen-bond donors (Lipinski definition) is 2. The van der Waals surface area contributed by atoms with Gasteiger partial charge < -0.3 is 15.2 Å². The maximum absolute atomic E-state index is 12.7. The van der Waals surface area contributed by atoms with Crippen LogP contribution in [-0.4, -0.2) is 61.3 Å². The Kier molecular flexibility index (Phi) is 6.86. The molecule has 2 atom stereocenters. The van der Waals surface area contributed by atoms with E-state index in [2.05, 4.69) is 20.3 Å². The van der Waals surface area contributed by atoms with Crippen molar-refractivity contribution in [2.75, 3.05) is 6.54 Å². The second-order valence-corrected chi connectivity index (χ2v) is 8.52. The van der Waals surface area contributed by atoms with Gasteiger partial charge in [0.2, 0.25) is 5.91 Å². The molecule has 0 bridgehead atoms. The molecule has 1 aliphatic heterocycles. The standard InChI is InChI=1S/C21H24F3N5O4/c1-20(2,3)33-19(32)29-7-6-15(30)17(29)18(31)26-10-13-8-14(28-11-27-13)12-4-5-16(25-9-12)21(22,23)24/h4-5,8-9,11,15,17,30H,6-7,10H2,1-3H3,(H,26,31)/t15-,17+/m1/s1. The van der Waals surface area contributed by atoms with E-state index < -0.39 is 41.6 Å². The summed E-state index contributed by atoms with van der Waals surface area (Å²) in [6, 6.07) is 2.49. The van der Waals surface area contributed by atoms with Crippen LogP contribution >= 0.6 is 0 Å². The average molecular weight is 467 g/mol. The van der Waals surface area contributed by atoms with Gasteiger partial charge in [0.15, 0.2) is 0 Å². The number of nitrogens with zero attached hydrogens (tertiary/aromatic N) is 4. The molecule has 3 heterocycles. The molecule has 0 radical (unpaired) electrons. The molecule has 0 spiro atoms. The van der Waals surface area contributed by atoms with Crippen molar-refractivity contribution in [1.82, 2.24) is 25.2 Å². The minimum Gasteiger partial charge on any atom is -0.444 e. The molecule has 2 aromatic rings. The number of alkyl halides is 3. The van der Waals surface area contributed by atoms with Gasteiger partial charge in [-0.1, -0.05) is 0 Å². The lowest BCUT2D eigenvalue weighted by molar-refractivity contribution is -0.141. The molecule has 0 aromatic carbocycles. The van der Waals surface area contributed by atoms with E-state index in [1.807, 2.05) is 0 Å². The highest BCUT2D eigenvalue weighted by atomic mass is 19.4. The summed E-state index contributed by atoms with van der Waals surface area (Å²) in [6.45, 7) is 5.22. The Labute approximate surface area is 188 Å². The zero-order chi connectivity index (χ0) is 24.4. The van der Waals surface area contributed by atoms with E-state index in [0.29, 0.717) is 17.0 Å². The monoisotopic (exact) mass is 467 g/mol. The fourth-order valence-corrected chi connectivity index (χ4v) is 3.27. The molecule has 1 aliphatic rings. The quantitative estimate of drug-likeness (QED) is 0.710. The van der Waals surface area contributed by atoms with Gasteiger partial charge in [0.05, 0.1) is 24.0 Å². The average Bonchev–Trinajstić information content (AvgIpc) is 3.12. The Morgan fingerprint density at radius 2 is 1.94 bits per heavy atom. The van der Waals surface area contributed by atoms with Crippen molar-refractivity contribution in [2.45, 2.75) is 57.7 Å². The lowest BCUT2D eigenvalue weighted by Crippen LogP contribution is -2.51. The molecular weight excluding hydrogens is 443 g/mol. The number of ether oxygens (including phenoxy) is 1. The van der Waals surface area contributed by atoms with Crippen molar-refractivity contribution in [3.05, 3.63) is 42.1 Å². The van der Waals surface area contributed by atoms with E-state index in [9.17, 15) is 27.9 Å². The zero-order valence-electron chi connectivity index (χ0n) is 18.3. The van der Waals surface area contributed by atoms with E-state index >= 15 is 0 Å². The molecule has 12 heteroatoms. The normalized spacial score (nSPS) is 18.8. The third-order valence-electron chi connectivity index (χ3n) is 4.78. The Balaban J connectivity index is 1.67. The number of carbonyl (C=O) groups excluding carboxylic acids is 2. The van der Waals surface area contributed by atoms with Crippen molar-refractivity contribution in [2.24, 2.45) is 0 Å². The number of nitrogens with one attached hydrogen (secondary N) is 1. The molecule has 9 nitrogen and oxygen atoms in total. The van der Waals surface area contributed by atoms with Gasteiger partial charge in [-0.15, -0.1) is 0 Å². The van der Waals surface area contributed by atoms with Crippen LogP contribution in [0.4, 0.5) is 18.0 Å². The van der Waals surface area contributed by atoms with Gasteiger partial charge in [-0.05, 0) is 45.4 Å². The molecule has 0 unspecified atom stereocenters. The van der Waals surface area contributed by atoms with Crippen LogP contribution in [0.5, 0.6) is 0 Å². The van der Waals surface area contributed by atoms with Crippen molar-refractivity contribution in [3.8, 4) is 11.3 Å². The number of aromatic nitrogens is 3. The van der Waals surface area contributed by atoms with Crippen LogP contribution in [0, 0.1) is 0 Å². The van der Waals surface area contributed by atoms with Crippen LogP contribution in [0.25, 0.3) is 11.3 Å². The summed E-state index contributed by atoms with van der Waals surface area (Å²) >= 11 is 0. The maximum atomic E-state index is 12.7. The van der Waals surface area contributed by atoms with Gasteiger partial charge in [-0.3, -0.25) is 14.7 Å². The number of hydrogen-bond acceptors (Lipinski definition) is 7. The summed E-state index contributed by atoms with van der Waals surface area (Å²) in [5.41, 5.74) is -0.718. The molecular formula is C21H24F3N5O4. The summed E-state index contributed by atoms with van der Waals surface area (Å²) in [7, 11) is 0. The number of halogens is 3. The second kappa shape index (κ2) is 9.30. The van der Waals surface area contributed by atoms with Crippen LogP contribution < -0.4 is 5.32 Å². The predicted octanol–water partition coefficient (Wildman–Crippen LogP) is 2.54. The van der Waals surface area contributed by atoms with Crippen molar-refractivity contribution >= 4 is 12.0 Å². The molecule has 0 aliphatic carbocycles. The van der Waals surface area contributed by atoms with Gasteiger partial charge in [0.25, 0.3) is 0 Å². The highest BCUT2D eigenvalue weighted by Crippen LogP contribution is 2.28. The number of pyridine rings is 1. The Morgan fingerprint density at radius 3 is 2.55 bits per heavy atom. The van der Waals surface area contributed by atoms with E-state index in [0.717, 1.165) is 12.3 Å². The first-order chi connectivity index (χ1) is 15.3. The summed E-state index contributed by atoms with van der Waals surface area (Å²) in [4.78, 5) is 37.8. The third-order valence-corrected chi connectivity index (χ3v) is 4.78. The minimum atomic E-state index is -4.54. The SMILES string of the molecule is CC(C)(C)OC(=O)N1CC[C@@H](O)[C@H]1C(=O)NCc1cc(-c2ccc(C(F)(F)F)nc2)ncn1. The van der Waals surface area contributed by atoms with Crippen LogP contribution in [0.3, 0.4) is 0 Å². The first-order valence-electron chi connectivity index (χ1n) is 10.1. The Morgan fingerprint density at radius 1 is 1.21 bits per heavy atom. The van der Waals surface area contributed by atoms with Gasteiger partial charge in [-0.2, -0.15) is 13.2 Å². The molecule has 2 N–H and O–H groups in total. The molecule has 2 amide bonds. The molecule has 1 saturated heterocycles. The second-order valence-electron chi connectivity index (χ2n) is 8.52. The highest BCUT2D eigenvalue weighted by Gasteiger charge is 2.42.